The largest absolute Gasteiger partial charge is 0.497 e. The molecule has 0 bridgehead atoms. The smallest absolute Gasteiger partial charge is 0.251 e. The average molecular weight is 395 g/mol. The number of amides is 1. The number of anilines is 2. The van der Waals surface area contributed by atoms with Crippen molar-refractivity contribution in [3.05, 3.63) is 77.7 Å². The van der Waals surface area contributed by atoms with Gasteiger partial charge in [-0.3, -0.25) is 4.79 Å². The summed E-state index contributed by atoms with van der Waals surface area (Å²) in [4.78, 5) is 16.7. The van der Waals surface area contributed by atoms with Gasteiger partial charge in [0.25, 0.3) is 5.91 Å². The second kappa shape index (κ2) is 9.54. The predicted molar refractivity (Wildman–Crippen MR) is 110 cm³/mol. The molecule has 0 spiro atoms. The number of methoxy groups -OCH3 is 2. The summed E-state index contributed by atoms with van der Waals surface area (Å²) in [5.41, 5.74) is 1.71. The number of hydrogen-bond acceptors (Lipinski definition) is 5. The van der Waals surface area contributed by atoms with Crippen molar-refractivity contribution in [2.75, 3.05) is 26.1 Å². The van der Waals surface area contributed by atoms with Crippen molar-refractivity contribution in [1.82, 2.24) is 10.3 Å². The lowest BCUT2D eigenvalue weighted by Crippen LogP contribution is -2.26. The molecule has 0 saturated heterocycles. The third-order valence-corrected chi connectivity index (χ3v) is 4.33. The van der Waals surface area contributed by atoms with E-state index in [0.29, 0.717) is 47.1 Å². The molecule has 6 nitrogen and oxygen atoms in total. The third kappa shape index (κ3) is 5.22. The molecule has 2 aromatic carbocycles. The minimum Gasteiger partial charge on any atom is -0.497 e. The van der Waals surface area contributed by atoms with Crippen molar-refractivity contribution in [3.8, 4) is 11.5 Å². The number of carbonyl (C=O) groups is 1. The third-order valence-electron chi connectivity index (χ3n) is 4.33. The van der Waals surface area contributed by atoms with E-state index in [1.807, 2.05) is 0 Å². The topological polar surface area (TPSA) is 72.5 Å². The molecule has 3 aromatic rings. The zero-order valence-electron chi connectivity index (χ0n) is 16.2. The van der Waals surface area contributed by atoms with Gasteiger partial charge in [0.2, 0.25) is 0 Å². The van der Waals surface area contributed by atoms with E-state index >= 15 is 0 Å². The summed E-state index contributed by atoms with van der Waals surface area (Å²) in [5.74, 6) is 1.23. The van der Waals surface area contributed by atoms with Gasteiger partial charge in [-0.2, -0.15) is 0 Å². The first-order chi connectivity index (χ1) is 14.1. The molecule has 0 saturated carbocycles. The molecule has 7 heteroatoms. The SMILES string of the molecule is COc1ccc(Nc2cc(C(=O)NCCc3ccccc3F)ccn2)c(OC)c1. The lowest BCUT2D eigenvalue weighted by atomic mass is 10.1. The van der Waals surface area contributed by atoms with E-state index < -0.39 is 0 Å². The van der Waals surface area contributed by atoms with Crippen LogP contribution in [0.25, 0.3) is 0 Å². The second-order valence-electron chi connectivity index (χ2n) is 6.22. The lowest BCUT2D eigenvalue weighted by Gasteiger charge is -2.12. The molecule has 0 atom stereocenters. The number of halogens is 1. The van der Waals surface area contributed by atoms with Crippen molar-refractivity contribution >= 4 is 17.4 Å². The van der Waals surface area contributed by atoms with Crippen LogP contribution in [0.4, 0.5) is 15.9 Å². The van der Waals surface area contributed by atoms with Crippen LogP contribution in [0.5, 0.6) is 11.5 Å². The van der Waals surface area contributed by atoms with E-state index in [-0.39, 0.29) is 11.7 Å². The van der Waals surface area contributed by atoms with E-state index in [9.17, 15) is 9.18 Å². The Labute approximate surface area is 168 Å². The molecule has 2 N–H and O–H groups in total. The summed E-state index contributed by atoms with van der Waals surface area (Å²) in [7, 11) is 3.14. The van der Waals surface area contributed by atoms with Crippen LogP contribution in [0.2, 0.25) is 0 Å². The molecule has 0 aliphatic carbocycles. The molecule has 3 rings (SSSR count). The predicted octanol–water partition coefficient (Wildman–Crippen LogP) is 3.95. The Balaban J connectivity index is 1.64. The highest BCUT2D eigenvalue weighted by atomic mass is 19.1. The maximum absolute atomic E-state index is 13.7. The number of ether oxygens (including phenoxy) is 2. The molecule has 0 radical (unpaired) electrons. The van der Waals surface area contributed by atoms with Crippen LogP contribution in [-0.4, -0.2) is 31.7 Å². The van der Waals surface area contributed by atoms with E-state index in [1.165, 1.54) is 6.07 Å². The Hall–Kier alpha value is -3.61. The standard InChI is InChI=1S/C22H22FN3O3/c1-28-17-7-8-19(20(14-17)29-2)26-21-13-16(10-11-24-21)22(27)25-12-9-15-5-3-4-6-18(15)23/h3-8,10-11,13-14H,9,12H2,1-2H3,(H,24,26)(H,25,27). The summed E-state index contributed by atoms with van der Waals surface area (Å²) in [5, 5.41) is 5.94. The molecule has 1 aromatic heterocycles. The van der Waals surface area contributed by atoms with Crippen molar-refractivity contribution in [3.63, 3.8) is 0 Å². The fourth-order valence-corrected chi connectivity index (χ4v) is 2.79. The minimum atomic E-state index is -0.273. The van der Waals surface area contributed by atoms with E-state index in [1.54, 1.807) is 68.9 Å². The second-order valence-corrected chi connectivity index (χ2v) is 6.22. The van der Waals surface area contributed by atoms with Crippen LogP contribution < -0.4 is 20.1 Å². The number of benzene rings is 2. The van der Waals surface area contributed by atoms with Gasteiger partial charge in [-0.1, -0.05) is 18.2 Å². The molecule has 0 aliphatic rings. The number of carbonyl (C=O) groups excluding carboxylic acids is 1. The summed E-state index contributed by atoms with van der Waals surface area (Å²) in [6.07, 6.45) is 1.96. The van der Waals surface area contributed by atoms with Crippen molar-refractivity contribution in [2.24, 2.45) is 0 Å². The zero-order chi connectivity index (χ0) is 20.6. The summed E-state index contributed by atoms with van der Waals surface area (Å²) < 4.78 is 24.2. The average Bonchev–Trinajstić information content (AvgIpc) is 2.75. The Morgan fingerprint density at radius 1 is 1.07 bits per heavy atom. The van der Waals surface area contributed by atoms with E-state index in [2.05, 4.69) is 15.6 Å². The van der Waals surface area contributed by atoms with Crippen LogP contribution in [0, 0.1) is 5.82 Å². The number of nitrogens with one attached hydrogen (secondary N) is 2. The van der Waals surface area contributed by atoms with Crippen LogP contribution in [-0.2, 0) is 6.42 Å². The fourth-order valence-electron chi connectivity index (χ4n) is 2.79. The van der Waals surface area contributed by atoms with Crippen LogP contribution in [0.1, 0.15) is 15.9 Å². The molecular weight excluding hydrogens is 373 g/mol. The number of hydrogen-bond donors (Lipinski definition) is 2. The molecular formula is C22H22FN3O3. The Morgan fingerprint density at radius 3 is 2.66 bits per heavy atom. The van der Waals surface area contributed by atoms with E-state index in [0.717, 1.165) is 0 Å². The first kappa shape index (κ1) is 20.1. The number of pyridine rings is 1. The first-order valence-electron chi connectivity index (χ1n) is 9.07. The Kier molecular flexibility index (Phi) is 6.63. The molecule has 29 heavy (non-hydrogen) atoms. The summed E-state index contributed by atoms with van der Waals surface area (Å²) in [6, 6.07) is 15.1. The zero-order valence-corrected chi connectivity index (χ0v) is 16.2. The van der Waals surface area contributed by atoms with Gasteiger partial charge in [0, 0.05) is 24.4 Å². The fraction of sp³-hybridized carbons (Fsp3) is 0.182. The van der Waals surface area contributed by atoms with Crippen molar-refractivity contribution < 1.29 is 18.7 Å². The molecule has 0 aliphatic heterocycles. The molecule has 150 valence electrons. The number of rotatable bonds is 8. The van der Waals surface area contributed by atoms with Crippen LogP contribution >= 0.6 is 0 Å². The summed E-state index contributed by atoms with van der Waals surface area (Å²) in [6.45, 7) is 0.331. The normalized spacial score (nSPS) is 10.3. The van der Waals surface area contributed by atoms with E-state index in [4.69, 9.17) is 9.47 Å². The molecule has 0 fully saturated rings. The molecule has 0 unspecified atom stereocenters. The van der Waals surface area contributed by atoms with Crippen LogP contribution in [0.15, 0.2) is 60.8 Å². The molecule has 1 amide bonds. The molecule has 1 heterocycles. The highest BCUT2D eigenvalue weighted by molar-refractivity contribution is 5.95. The maximum Gasteiger partial charge on any atom is 0.251 e. The maximum atomic E-state index is 13.7. The van der Waals surface area contributed by atoms with Gasteiger partial charge in [-0.15, -0.1) is 0 Å². The van der Waals surface area contributed by atoms with Crippen LogP contribution in [0.3, 0.4) is 0 Å². The van der Waals surface area contributed by atoms with Gasteiger partial charge >= 0.3 is 0 Å². The van der Waals surface area contributed by atoms with Gasteiger partial charge < -0.3 is 20.1 Å². The number of nitrogens with zero attached hydrogens (tertiary/aromatic N) is 1. The van der Waals surface area contributed by atoms with Crippen molar-refractivity contribution in [2.45, 2.75) is 6.42 Å². The monoisotopic (exact) mass is 395 g/mol. The Bertz CT molecular complexity index is 995. The minimum absolute atomic E-state index is 0.256. The van der Waals surface area contributed by atoms with Gasteiger partial charge in [-0.05, 0) is 42.3 Å². The number of aromatic nitrogens is 1. The van der Waals surface area contributed by atoms with Gasteiger partial charge in [-0.25, -0.2) is 9.37 Å². The Morgan fingerprint density at radius 2 is 1.90 bits per heavy atom. The van der Waals surface area contributed by atoms with Gasteiger partial charge in [0.15, 0.2) is 0 Å². The van der Waals surface area contributed by atoms with Gasteiger partial charge in [0.05, 0.1) is 19.9 Å². The highest BCUT2D eigenvalue weighted by Crippen LogP contribution is 2.31. The van der Waals surface area contributed by atoms with Crippen molar-refractivity contribution in [1.29, 1.82) is 0 Å². The summed E-state index contributed by atoms with van der Waals surface area (Å²) >= 11 is 0. The highest BCUT2D eigenvalue weighted by Gasteiger charge is 2.10. The first-order valence-corrected chi connectivity index (χ1v) is 9.07. The lowest BCUT2D eigenvalue weighted by molar-refractivity contribution is 0.0954. The van der Waals surface area contributed by atoms with Gasteiger partial charge in [0.1, 0.15) is 23.1 Å². The quantitative estimate of drug-likeness (QED) is 0.604.